The summed E-state index contributed by atoms with van der Waals surface area (Å²) in [6, 6.07) is 1.65. The molecule has 1 aromatic heterocycles. The summed E-state index contributed by atoms with van der Waals surface area (Å²) in [5.74, 6) is 0. The molecule has 1 rings (SSSR count). The van der Waals surface area contributed by atoms with Gasteiger partial charge in [0.15, 0.2) is 0 Å². The fraction of sp³-hybridized carbons (Fsp3) is 0.375. The highest BCUT2D eigenvalue weighted by molar-refractivity contribution is 5.13. The van der Waals surface area contributed by atoms with Gasteiger partial charge >= 0.3 is 6.18 Å². The molecular weight excluding hydrogens is 197 g/mol. The normalized spacial score (nSPS) is 11.7. The Morgan fingerprint density at radius 1 is 1.36 bits per heavy atom. The summed E-state index contributed by atoms with van der Waals surface area (Å²) in [6.07, 6.45) is -3.65. The van der Waals surface area contributed by atoms with Crippen molar-refractivity contribution in [2.45, 2.75) is 12.7 Å². The van der Waals surface area contributed by atoms with E-state index in [1.165, 1.54) is 0 Å². The highest BCUT2D eigenvalue weighted by Crippen LogP contribution is 2.27. The number of rotatable bonds is 2. The maximum Gasteiger partial charge on any atom is 0.417 e. The predicted octanol–water partition coefficient (Wildman–Crippen LogP) is 0.826. The zero-order chi connectivity index (χ0) is 10.8. The maximum atomic E-state index is 12.2. The number of pyridine rings is 1. The van der Waals surface area contributed by atoms with Gasteiger partial charge in [0.1, 0.15) is 0 Å². The molecule has 0 saturated heterocycles. The van der Waals surface area contributed by atoms with Crippen LogP contribution in [-0.2, 0) is 12.7 Å². The van der Waals surface area contributed by atoms with Gasteiger partial charge in [-0.25, -0.2) is 0 Å². The van der Waals surface area contributed by atoms with E-state index in [1.54, 1.807) is 0 Å². The first-order valence-corrected chi connectivity index (χ1v) is 3.93. The number of hydrogen-bond donors (Lipinski definition) is 1. The van der Waals surface area contributed by atoms with Gasteiger partial charge in [0.2, 0.25) is 0 Å². The van der Waals surface area contributed by atoms with Gasteiger partial charge in [0.25, 0.3) is 5.56 Å². The quantitative estimate of drug-likeness (QED) is 0.778. The molecule has 1 heterocycles. The molecule has 0 fully saturated rings. The highest BCUT2D eigenvalue weighted by Gasteiger charge is 2.30. The van der Waals surface area contributed by atoms with Crippen molar-refractivity contribution < 1.29 is 13.2 Å². The maximum absolute atomic E-state index is 12.2. The van der Waals surface area contributed by atoms with E-state index in [0.717, 1.165) is 22.9 Å². The van der Waals surface area contributed by atoms with Crippen molar-refractivity contribution in [2.75, 3.05) is 6.54 Å². The van der Waals surface area contributed by atoms with Crippen molar-refractivity contribution in [3.63, 3.8) is 0 Å². The Labute approximate surface area is 78.0 Å². The fourth-order valence-corrected chi connectivity index (χ4v) is 1.01. The second-order valence-electron chi connectivity index (χ2n) is 2.74. The molecule has 1 aromatic rings. The van der Waals surface area contributed by atoms with Crippen LogP contribution in [0, 0.1) is 0 Å². The summed E-state index contributed by atoms with van der Waals surface area (Å²) in [5, 5.41) is 0. The molecule has 0 aromatic carbocycles. The Hall–Kier alpha value is -1.30. The molecule has 3 nitrogen and oxygen atoms in total. The van der Waals surface area contributed by atoms with Crippen LogP contribution in [0.3, 0.4) is 0 Å². The summed E-state index contributed by atoms with van der Waals surface area (Å²) >= 11 is 0. The summed E-state index contributed by atoms with van der Waals surface area (Å²) in [7, 11) is 0. The van der Waals surface area contributed by atoms with Gasteiger partial charge in [-0.05, 0) is 6.07 Å². The Balaban J connectivity index is 3.13. The second kappa shape index (κ2) is 3.83. The molecule has 0 spiro atoms. The van der Waals surface area contributed by atoms with E-state index >= 15 is 0 Å². The first-order chi connectivity index (χ1) is 6.45. The first-order valence-electron chi connectivity index (χ1n) is 3.93. The van der Waals surface area contributed by atoms with Crippen LogP contribution in [0.25, 0.3) is 0 Å². The zero-order valence-electron chi connectivity index (χ0n) is 7.21. The van der Waals surface area contributed by atoms with E-state index in [-0.39, 0.29) is 13.1 Å². The molecule has 0 bridgehead atoms. The zero-order valence-corrected chi connectivity index (χ0v) is 7.21. The van der Waals surface area contributed by atoms with Gasteiger partial charge < -0.3 is 10.3 Å². The van der Waals surface area contributed by atoms with Gasteiger partial charge in [-0.3, -0.25) is 4.79 Å². The Morgan fingerprint density at radius 2 is 2.00 bits per heavy atom. The fourth-order valence-electron chi connectivity index (χ4n) is 1.01. The first kappa shape index (κ1) is 10.8. The topological polar surface area (TPSA) is 48.0 Å². The minimum atomic E-state index is -4.43. The van der Waals surface area contributed by atoms with Gasteiger partial charge in [0, 0.05) is 25.4 Å². The summed E-state index contributed by atoms with van der Waals surface area (Å²) in [5.41, 5.74) is 3.82. The molecule has 2 N–H and O–H groups in total. The molecule has 78 valence electrons. The van der Waals surface area contributed by atoms with Crippen molar-refractivity contribution in [2.24, 2.45) is 5.73 Å². The molecule has 6 heteroatoms. The number of alkyl halides is 3. The lowest BCUT2D eigenvalue weighted by Gasteiger charge is -2.09. The Kier molecular flexibility index (Phi) is 2.95. The predicted molar refractivity (Wildman–Crippen MR) is 44.8 cm³/mol. The molecule has 0 radical (unpaired) electrons. The third-order valence-electron chi connectivity index (χ3n) is 1.68. The molecule has 0 aliphatic heterocycles. The van der Waals surface area contributed by atoms with E-state index in [4.69, 9.17) is 5.73 Å². The van der Waals surface area contributed by atoms with Crippen LogP contribution in [-0.4, -0.2) is 11.1 Å². The standard InChI is InChI=1S/C8H9F3N2O/c9-8(10,11)6-1-2-7(14)13(5-6)4-3-12/h1-2,5H,3-4,12H2. The Morgan fingerprint density at radius 3 is 2.50 bits per heavy atom. The molecule has 14 heavy (non-hydrogen) atoms. The molecule has 0 aliphatic rings. The Bertz CT molecular complexity index is 370. The van der Waals surface area contributed by atoms with Crippen molar-refractivity contribution in [3.05, 3.63) is 34.2 Å². The minimum Gasteiger partial charge on any atom is -0.329 e. The van der Waals surface area contributed by atoms with Crippen LogP contribution < -0.4 is 11.3 Å². The van der Waals surface area contributed by atoms with E-state index in [0.29, 0.717) is 0 Å². The molecule has 0 saturated carbocycles. The SMILES string of the molecule is NCCn1cc(C(F)(F)F)ccc1=O. The molecule has 0 aliphatic carbocycles. The lowest BCUT2D eigenvalue weighted by molar-refractivity contribution is -0.138. The van der Waals surface area contributed by atoms with Gasteiger partial charge in [-0.2, -0.15) is 13.2 Å². The summed E-state index contributed by atoms with van der Waals surface area (Å²) in [4.78, 5) is 11.0. The monoisotopic (exact) mass is 206 g/mol. The minimum absolute atomic E-state index is 0.0861. The number of aromatic nitrogens is 1. The molecule has 0 amide bonds. The highest BCUT2D eigenvalue weighted by atomic mass is 19.4. The number of nitrogens with zero attached hydrogens (tertiary/aromatic N) is 1. The average Bonchev–Trinajstić information content (AvgIpc) is 2.07. The van der Waals surface area contributed by atoms with Crippen molar-refractivity contribution in [1.29, 1.82) is 0 Å². The van der Waals surface area contributed by atoms with E-state index < -0.39 is 17.3 Å². The van der Waals surface area contributed by atoms with E-state index in [9.17, 15) is 18.0 Å². The third kappa shape index (κ3) is 2.35. The van der Waals surface area contributed by atoms with E-state index in [2.05, 4.69) is 0 Å². The molecule has 0 unspecified atom stereocenters. The lowest BCUT2D eigenvalue weighted by atomic mass is 10.3. The van der Waals surface area contributed by atoms with Gasteiger partial charge in [-0.15, -0.1) is 0 Å². The van der Waals surface area contributed by atoms with Crippen LogP contribution in [0.1, 0.15) is 5.56 Å². The smallest absolute Gasteiger partial charge is 0.329 e. The number of nitrogens with two attached hydrogens (primary N) is 1. The molecule has 0 atom stereocenters. The third-order valence-corrected chi connectivity index (χ3v) is 1.68. The molecular formula is C8H9F3N2O. The van der Waals surface area contributed by atoms with Crippen molar-refractivity contribution in [1.82, 2.24) is 4.57 Å². The van der Waals surface area contributed by atoms with Crippen LogP contribution in [0.15, 0.2) is 23.1 Å². The van der Waals surface area contributed by atoms with E-state index in [1.807, 2.05) is 0 Å². The summed E-state index contributed by atoms with van der Waals surface area (Å²) in [6.45, 7) is 0.212. The van der Waals surface area contributed by atoms with Crippen molar-refractivity contribution in [3.8, 4) is 0 Å². The average molecular weight is 206 g/mol. The van der Waals surface area contributed by atoms with Crippen molar-refractivity contribution >= 4 is 0 Å². The van der Waals surface area contributed by atoms with Crippen LogP contribution in [0.2, 0.25) is 0 Å². The summed E-state index contributed by atoms with van der Waals surface area (Å²) < 4.78 is 37.5. The van der Waals surface area contributed by atoms with Gasteiger partial charge in [0.05, 0.1) is 5.56 Å². The second-order valence-corrected chi connectivity index (χ2v) is 2.74. The largest absolute Gasteiger partial charge is 0.417 e. The van der Waals surface area contributed by atoms with Crippen LogP contribution in [0.5, 0.6) is 0 Å². The van der Waals surface area contributed by atoms with Crippen LogP contribution in [0.4, 0.5) is 13.2 Å². The van der Waals surface area contributed by atoms with Gasteiger partial charge in [-0.1, -0.05) is 0 Å². The lowest BCUT2D eigenvalue weighted by Crippen LogP contribution is -2.24. The van der Waals surface area contributed by atoms with Crippen LogP contribution >= 0.6 is 0 Å². The number of hydrogen-bond acceptors (Lipinski definition) is 2. The number of halogens is 3.